The maximum absolute atomic E-state index is 10.3. The van der Waals surface area contributed by atoms with E-state index in [2.05, 4.69) is 0 Å². The smallest absolute Gasteiger partial charge is 0.333 e. The van der Waals surface area contributed by atoms with Crippen molar-refractivity contribution in [1.82, 2.24) is 0 Å². The van der Waals surface area contributed by atoms with Gasteiger partial charge in [-0.1, -0.05) is 6.08 Å². The Hall–Kier alpha value is -1.36. The van der Waals surface area contributed by atoms with E-state index in [9.17, 15) is 9.59 Å². The Morgan fingerprint density at radius 2 is 2.17 bits per heavy atom. The lowest BCUT2D eigenvalue weighted by Gasteiger charge is -2.16. The van der Waals surface area contributed by atoms with Crippen molar-refractivity contribution in [3.05, 3.63) is 11.6 Å². The molecule has 0 bridgehead atoms. The lowest BCUT2D eigenvalue weighted by Crippen LogP contribution is -2.28. The summed E-state index contributed by atoms with van der Waals surface area (Å²) in [6.07, 6.45) is 0.606. The van der Waals surface area contributed by atoms with Gasteiger partial charge in [0.1, 0.15) is 0 Å². The van der Waals surface area contributed by atoms with Gasteiger partial charge in [0.25, 0.3) is 0 Å². The third-order valence-electron chi connectivity index (χ3n) is 1.57. The maximum Gasteiger partial charge on any atom is 0.333 e. The predicted molar refractivity (Wildman–Crippen MR) is 37.7 cm³/mol. The standard InChI is InChI=1S/C7H8O5/c8-6(9)4-1-2-5(7(10)11)12-3-4/h1,5H,2-3H2,(H,8,9)(H,10,11). The first kappa shape index (κ1) is 8.73. The molecule has 1 aliphatic heterocycles. The molecule has 0 aliphatic carbocycles. The van der Waals surface area contributed by atoms with Crippen molar-refractivity contribution in [1.29, 1.82) is 0 Å². The summed E-state index contributed by atoms with van der Waals surface area (Å²) in [6, 6.07) is 0. The Labute approximate surface area is 68.3 Å². The molecule has 0 fully saturated rings. The van der Waals surface area contributed by atoms with Crippen LogP contribution in [0.5, 0.6) is 0 Å². The average molecular weight is 172 g/mol. The van der Waals surface area contributed by atoms with Gasteiger partial charge in [0.05, 0.1) is 12.2 Å². The van der Waals surface area contributed by atoms with Gasteiger partial charge in [0, 0.05) is 6.42 Å². The molecule has 2 N–H and O–H groups in total. The van der Waals surface area contributed by atoms with Crippen LogP contribution in [-0.2, 0) is 14.3 Å². The van der Waals surface area contributed by atoms with Crippen LogP contribution in [0.2, 0.25) is 0 Å². The van der Waals surface area contributed by atoms with Crippen molar-refractivity contribution in [2.45, 2.75) is 12.5 Å². The molecule has 1 atom stereocenters. The van der Waals surface area contributed by atoms with Crippen molar-refractivity contribution in [2.75, 3.05) is 6.61 Å². The molecule has 0 aromatic heterocycles. The monoisotopic (exact) mass is 172 g/mol. The summed E-state index contributed by atoms with van der Waals surface area (Å²) < 4.78 is 4.76. The molecule has 0 amide bonds. The predicted octanol–water partition coefficient (Wildman–Crippen LogP) is -0.129. The Balaban J connectivity index is 2.59. The van der Waals surface area contributed by atoms with Gasteiger partial charge in [0.2, 0.25) is 0 Å². The molecule has 0 spiro atoms. The SMILES string of the molecule is O=C(O)C1=CCC(C(=O)O)OC1. The average Bonchev–Trinajstić information content (AvgIpc) is 2.04. The zero-order valence-electron chi connectivity index (χ0n) is 6.19. The number of carboxylic acids is 2. The van der Waals surface area contributed by atoms with Crippen molar-refractivity contribution < 1.29 is 24.5 Å². The van der Waals surface area contributed by atoms with Gasteiger partial charge in [0.15, 0.2) is 6.10 Å². The van der Waals surface area contributed by atoms with E-state index in [-0.39, 0.29) is 18.6 Å². The number of hydrogen-bond acceptors (Lipinski definition) is 3. The van der Waals surface area contributed by atoms with E-state index >= 15 is 0 Å². The molecule has 5 nitrogen and oxygen atoms in total. The molecule has 66 valence electrons. The van der Waals surface area contributed by atoms with E-state index in [4.69, 9.17) is 14.9 Å². The van der Waals surface area contributed by atoms with Crippen LogP contribution in [0.25, 0.3) is 0 Å². The Morgan fingerprint density at radius 3 is 2.50 bits per heavy atom. The molecule has 0 saturated carbocycles. The van der Waals surface area contributed by atoms with Gasteiger partial charge in [-0.3, -0.25) is 0 Å². The second-order valence-corrected chi connectivity index (χ2v) is 2.41. The van der Waals surface area contributed by atoms with Crippen LogP contribution < -0.4 is 0 Å². The molecule has 1 heterocycles. The number of carboxylic acid groups (broad SMARTS) is 2. The zero-order chi connectivity index (χ0) is 9.14. The molecule has 0 radical (unpaired) electrons. The highest BCUT2D eigenvalue weighted by Crippen LogP contribution is 2.12. The highest BCUT2D eigenvalue weighted by atomic mass is 16.5. The van der Waals surface area contributed by atoms with Gasteiger partial charge in [-0.25, -0.2) is 9.59 Å². The molecule has 12 heavy (non-hydrogen) atoms. The number of carbonyl (C=O) groups is 2. The Kier molecular flexibility index (Phi) is 2.44. The van der Waals surface area contributed by atoms with Crippen LogP contribution in [0.4, 0.5) is 0 Å². The fourth-order valence-corrected chi connectivity index (χ4v) is 0.888. The first-order chi connectivity index (χ1) is 5.61. The number of ether oxygens (including phenoxy) is 1. The highest BCUT2D eigenvalue weighted by Gasteiger charge is 2.23. The second kappa shape index (κ2) is 3.36. The number of rotatable bonds is 2. The van der Waals surface area contributed by atoms with E-state index in [1.807, 2.05) is 0 Å². The maximum atomic E-state index is 10.3. The van der Waals surface area contributed by atoms with E-state index in [1.165, 1.54) is 6.08 Å². The summed E-state index contributed by atoms with van der Waals surface area (Å²) in [6.45, 7) is -0.133. The van der Waals surface area contributed by atoms with E-state index < -0.39 is 18.0 Å². The minimum Gasteiger partial charge on any atom is -0.479 e. The first-order valence-electron chi connectivity index (χ1n) is 3.38. The van der Waals surface area contributed by atoms with Crippen LogP contribution in [0.3, 0.4) is 0 Å². The molecule has 5 heteroatoms. The quantitative estimate of drug-likeness (QED) is 0.606. The van der Waals surface area contributed by atoms with Crippen molar-refractivity contribution in [3.63, 3.8) is 0 Å². The summed E-state index contributed by atoms with van der Waals surface area (Å²) in [5.74, 6) is -2.12. The molecule has 1 rings (SSSR count). The van der Waals surface area contributed by atoms with Crippen LogP contribution in [0, 0.1) is 0 Å². The zero-order valence-corrected chi connectivity index (χ0v) is 6.19. The fraction of sp³-hybridized carbons (Fsp3) is 0.429. The van der Waals surface area contributed by atoms with Crippen molar-refractivity contribution in [2.24, 2.45) is 0 Å². The minimum atomic E-state index is -1.06. The fourth-order valence-electron chi connectivity index (χ4n) is 0.888. The normalized spacial score (nSPS) is 23.0. The van der Waals surface area contributed by atoms with E-state index in [1.54, 1.807) is 0 Å². The molecule has 1 aliphatic rings. The van der Waals surface area contributed by atoms with Crippen LogP contribution in [0.1, 0.15) is 6.42 Å². The van der Waals surface area contributed by atoms with Gasteiger partial charge < -0.3 is 14.9 Å². The second-order valence-electron chi connectivity index (χ2n) is 2.41. The minimum absolute atomic E-state index is 0.118. The largest absolute Gasteiger partial charge is 0.479 e. The molecular formula is C7H8O5. The summed E-state index contributed by atoms with van der Waals surface area (Å²) in [5.41, 5.74) is 0.118. The summed E-state index contributed by atoms with van der Waals surface area (Å²) in [7, 11) is 0. The Morgan fingerprint density at radius 1 is 1.50 bits per heavy atom. The summed E-state index contributed by atoms with van der Waals surface area (Å²) in [5, 5.41) is 16.9. The lowest BCUT2D eigenvalue weighted by molar-refractivity contribution is -0.151. The molecule has 1 unspecified atom stereocenters. The summed E-state index contributed by atoms with van der Waals surface area (Å²) in [4.78, 5) is 20.7. The lowest BCUT2D eigenvalue weighted by atomic mass is 10.1. The van der Waals surface area contributed by atoms with E-state index in [0.29, 0.717) is 0 Å². The van der Waals surface area contributed by atoms with Gasteiger partial charge in [-0.2, -0.15) is 0 Å². The highest BCUT2D eigenvalue weighted by molar-refractivity contribution is 5.87. The number of hydrogen-bond donors (Lipinski definition) is 2. The third kappa shape index (κ3) is 1.82. The van der Waals surface area contributed by atoms with Gasteiger partial charge in [-0.05, 0) is 0 Å². The Bertz CT molecular complexity index is 242. The summed E-state index contributed by atoms with van der Waals surface area (Å²) >= 11 is 0. The molecule has 0 aromatic carbocycles. The van der Waals surface area contributed by atoms with Crippen LogP contribution in [-0.4, -0.2) is 34.9 Å². The third-order valence-corrected chi connectivity index (χ3v) is 1.57. The van der Waals surface area contributed by atoms with Crippen LogP contribution in [0.15, 0.2) is 11.6 Å². The van der Waals surface area contributed by atoms with Gasteiger partial charge >= 0.3 is 11.9 Å². The molecule has 0 aromatic rings. The van der Waals surface area contributed by atoms with E-state index in [0.717, 1.165) is 0 Å². The van der Waals surface area contributed by atoms with Crippen molar-refractivity contribution in [3.8, 4) is 0 Å². The number of aliphatic carboxylic acids is 2. The topological polar surface area (TPSA) is 83.8 Å². The first-order valence-corrected chi connectivity index (χ1v) is 3.38. The molecular weight excluding hydrogens is 164 g/mol. The van der Waals surface area contributed by atoms with Crippen molar-refractivity contribution >= 4 is 11.9 Å². The van der Waals surface area contributed by atoms with Crippen LogP contribution >= 0.6 is 0 Å². The van der Waals surface area contributed by atoms with Gasteiger partial charge in [-0.15, -0.1) is 0 Å². The molecule has 0 saturated heterocycles.